The number of aliphatic hydroxyl groups is 4. The Labute approximate surface area is 220 Å². The average Bonchev–Trinajstić information content (AvgIpc) is 2.83. The van der Waals surface area contributed by atoms with Crippen LogP contribution in [0, 0.1) is 22.7 Å². The molecule has 0 aromatic heterocycles. The normalized spacial score (nSPS) is 45.3. The van der Waals surface area contributed by atoms with Gasteiger partial charge >= 0.3 is 0 Å². The number of rotatable bonds is 3. The molecule has 4 N–H and O–H groups in total. The molecule has 3 fully saturated rings. The van der Waals surface area contributed by atoms with Crippen LogP contribution in [0.25, 0.3) is 0 Å². The zero-order chi connectivity index (χ0) is 27.3. The number of ketones is 1. The lowest BCUT2D eigenvalue weighted by Gasteiger charge is -2.68. The van der Waals surface area contributed by atoms with E-state index in [-0.39, 0.29) is 13.0 Å². The van der Waals surface area contributed by atoms with Gasteiger partial charge in [-0.1, -0.05) is 51.1 Å². The molecule has 1 heterocycles. The zero-order valence-electron chi connectivity index (χ0n) is 23.0. The fraction of sp³-hybridized carbons (Fsp3) is 0.690. The molecule has 1 aromatic rings. The van der Waals surface area contributed by atoms with Crippen LogP contribution in [0.4, 0.5) is 0 Å². The van der Waals surface area contributed by atoms with Gasteiger partial charge in [0.25, 0.3) is 0 Å². The second kappa shape index (κ2) is 8.30. The molecular formula is C29H42O7Si. The van der Waals surface area contributed by atoms with Crippen LogP contribution >= 0.6 is 0 Å². The van der Waals surface area contributed by atoms with E-state index < -0.39 is 72.4 Å². The minimum Gasteiger partial charge on any atom is -0.409 e. The Morgan fingerprint density at radius 1 is 1.08 bits per heavy atom. The van der Waals surface area contributed by atoms with Gasteiger partial charge in [0.15, 0.2) is 5.78 Å². The first-order valence-corrected chi connectivity index (χ1v) is 16.4. The summed E-state index contributed by atoms with van der Waals surface area (Å²) in [6, 6.07) is 9.97. The smallest absolute Gasteiger partial charge is 0.218 e. The summed E-state index contributed by atoms with van der Waals surface area (Å²) in [5.74, 6) is -1.78. The predicted octanol–water partition coefficient (Wildman–Crippen LogP) is 2.06. The van der Waals surface area contributed by atoms with Crippen LogP contribution in [0.3, 0.4) is 0 Å². The Hall–Kier alpha value is -1.39. The van der Waals surface area contributed by atoms with Crippen LogP contribution in [-0.2, 0) is 14.0 Å². The van der Waals surface area contributed by atoms with Gasteiger partial charge in [-0.25, -0.2) is 0 Å². The highest BCUT2D eigenvalue weighted by atomic mass is 28.4. The van der Waals surface area contributed by atoms with Crippen LogP contribution in [0.15, 0.2) is 41.5 Å². The summed E-state index contributed by atoms with van der Waals surface area (Å²) in [6.07, 6.45) is -3.33. The molecule has 1 saturated heterocycles. The van der Waals surface area contributed by atoms with E-state index in [9.17, 15) is 25.2 Å². The first-order chi connectivity index (χ1) is 17.0. The molecule has 204 valence electrons. The van der Waals surface area contributed by atoms with Crippen molar-refractivity contribution in [3.63, 3.8) is 0 Å². The van der Waals surface area contributed by atoms with Crippen molar-refractivity contribution in [3.8, 4) is 0 Å². The third-order valence-corrected chi connectivity index (χ3v) is 13.3. The maximum absolute atomic E-state index is 14.5. The lowest BCUT2D eigenvalue weighted by Crippen LogP contribution is -2.79. The highest BCUT2D eigenvalue weighted by Crippen LogP contribution is 2.64. The number of aliphatic hydroxyl groups excluding tert-OH is 2. The summed E-state index contributed by atoms with van der Waals surface area (Å²) in [4.78, 5) is 14.5. The second-order valence-corrected chi connectivity index (χ2v) is 17.0. The van der Waals surface area contributed by atoms with Gasteiger partial charge in [-0.05, 0) is 49.2 Å². The van der Waals surface area contributed by atoms with E-state index >= 15 is 0 Å². The number of carbonyl (C=O) groups is 1. The fourth-order valence-electron chi connectivity index (χ4n) is 8.41. The fourth-order valence-corrected chi connectivity index (χ4v) is 10.6. The highest BCUT2D eigenvalue weighted by Gasteiger charge is 2.74. The number of hydrogen-bond donors (Lipinski definition) is 4. The van der Waals surface area contributed by atoms with Crippen molar-refractivity contribution in [1.29, 1.82) is 0 Å². The summed E-state index contributed by atoms with van der Waals surface area (Å²) in [5.41, 5.74) is -4.24. The van der Waals surface area contributed by atoms with Gasteiger partial charge in [-0.15, -0.1) is 0 Å². The molecular weight excluding hydrogens is 488 g/mol. The van der Waals surface area contributed by atoms with E-state index in [1.807, 2.05) is 51.1 Å². The summed E-state index contributed by atoms with van der Waals surface area (Å²) in [5, 5.41) is 48.2. The Kier molecular flexibility index (Phi) is 6.10. The summed E-state index contributed by atoms with van der Waals surface area (Å²) in [7, 11) is -2.53. The lowest BCUT2D eigenvalue weighted by atomic mass is 9.43. The first-order valence-electron chi connectivity index (χ1n) is 13.4. The summed E-state index contributed by atoms with van der Waals surface area (Å²) in [6.45, 7) is 13.3. The zero-order valence-corrected chi connectivity index (χ0v) is 24.0. The largest absolute Gasteiger partial charge is 0.409 e. The minimum absolute atomic E-state index is 0.0542. The third kappa shape index (κ3) is 3.43. The monoisotopic (exact) mass is 530 g/mol. The van der Waals surface area contributed by atoms with Crippen molar-refractivity contribution >= 4 is 19.3 Å². The number of hydrogen-bond acceptors (Lipinski definition) is 7. The summed E-state index contributed by atoms with van der Waals surface area (Å²) < 4.78 is 12.8. The Balaban J connectivity index is 1.70. The highest BCUT2D eigenvalue weighted by molar-refractivity contribution is 6.84. The molecule has 4 aliphatic rings. The van der Waals surface area contributed by atoms with Crippen LogP contribution in [0.1, 0.15) is 47.5 Å². The summed E-state index contributed by atoms with van der Waals surface area (Å²) >= 11 is 0. The van der Waals surface area contributed by atoms with Crippen LogP contribution < -0.4 is 5.19 Å². The number of Topliss-reactive ketones (excluding diaryl/α,β-unsaturated/α-hetero) is 1. The maximum atomic E-state index is 14.5. The van der Waals surface area contributed by atoms with Crippen molar-refractivity contribution in [2.75, 3.05) is 6.61 Å². The number of benzene rings is 1. The van der Waals surface area contributed by atoms with Gasteiger partial charge in [-0.3, -0.25) is 4.79 Å². The molecule has 37 heavy (non-hydrogen) atoms. The maximum Gasteiger partial charge on any atom is 0.218 e. The molecule has 2 saturated carbocycles. The van der Waals surface area contributed by atoms with E-state index in [0.717, 1.165) is 5.19 Å². The number of fused-ring (bicyclic) bond motifs is 5. The topological polar surface area (TPSA) is 116 Å². The standard InChI is InChI=1S/C29H42O7Si/c1-16-19(30)14-29(34)17(2)24-27(5,25(32)23(31)22(16)26(29,3)4)20(13-21-28(24,33)15-35-21)36-37(6,7)18-11-9-8-10-12-18/h8-12,17,19-21,23-24,30-31,33-34H,13-15H2,1-7H3/t17?,19?,20?,21?,23?,24?,27-,28?,29?/m1/s1. The van der Waals surface area contributed by atoms with Crippen molar-refractivity contribution in [2.24, 2.45) is 22.7 Å². The molecule has 9 atom stereocenters. The molecule has 0 spiro atoms. The molecule has 8 unspecified atom stereocenters. The molecule has 1 aliphatic heterocycles. The van der Waals surface area contributed by atoms with Gasteiger partial charge in [-0.2, -0.15) is 0 Å². The van der Waals surface area contributed by atoms with Gasteiger partial charge < -0.3 is 29.6 Å². The van der Waals surface area contributed by atoms with E-state index in [1.54, 1.807) is 13.8 Å². The molecule has 2 bridgehead atoms. The SMILES string of the molecule is CC1=C2C(O)C(=O)[C@]3(C)C(O[Si](C)(C)c4ccccc4)CC4OCC4(O)C3C(C)C(O)(CC1O)C2(C)C. The Bertz CT molecular complexity index is 1130. The average molecular weight is 531 g/mol. The van der Waals surface area contributed by atoms with E-state index in [0.29, 0.717) is 17.6 Å². The third-order valence-electron chi connectivity index (χ3n) is 10.8. The predicted molar refractivity (Wildman–Crippen MR) is 142 cm³/mol. The van der Waals surface area contributed by atoms with Crippen molar-refractivity contribution in [3.05, 3.63) is 41.5 Å². The molecule has 7 nitrogen and oxygen atoms in total. The Morgan fingerprint density at radius 2 is 1.70 bits per heavy atom. The first kappa shape index (κ1) is 27.2. The molecule has 0 radical (unpaired) electrons. The molecule has 5 rings (SSSR count). The quantitative estimate of drug-likeness (QED) is 0.349. The van der Waals surface area contributed by atoms with Crippen LogP contribution in [-0.4, -0.2) is 76.8 Å². The number of carbonyl (C=O) groups excluding carboxylic acids is 1. The molecule has 1 aromatic carbocycles. The van der Waals surface area contributed by atoms with Gasteiger partial charge in [0.05, 0.1) is 35.9 Å². The lowest BCUT2D eigenvalue weighted by molar-refractivity contribution is -0.334. The molecule has 8 heteroatoms. The van der Waals surface area contributed by atoms with Crippen molar-refractivity contribution < 1.29 is 34.4 Å². The Morgan fingerprint density at radius 3 is 2.27 bits per heavy atom. The van der Waals surface area contributed by atoms with Crippen molar-refractivity contribution in [2.45, 2.75) is 96.2 Å². The van der Waals surface area contributed by atoms with Crippen molar-refractivity contribution in [1.82, 2.24) is 0 Å². The van der Waals surface area contributed by atoms with Crippen LogP contribution in [0.2, 0.25) is 13.1 Å². The van der Waals surface area contributed by atoms with Gasteiger partial charge in [0.2, 0.25) is 8.32 Å². The second-order valence-electron chi connectivity index (χ2n) is 13.2. The van der Waals surface area contributed by atoms with E-state index in [4.69, 9.17) is 9.16 Å². The minimum atomic E-state index is -2.53. The van der Waals surface area contributed by atoms with Gasteiger partial charge in [0.1, 0.15) is 11.7 Å². The number of ether oxygens (including phenoxy) is 1. The van der Waals surface area contributed by atoms with E-state index in [1.165, 1.54) is 0 Å². The van der Waals surface area contributed by atoms with Gasteiger partial charge in [0, 0.05) is 24.2 Å². The van der Waals surface area contributed by atoms with Crippen LogP contribution in [0.5, 0.6) is 0 Å². The molecule has 3 aliphatic carbocycles. The van der Waals surface area contributed by atoms with E-state index in [2.05, 4.69) is 13.1 Å². The molecule has 0 amide bonds.